The van der Waals surface area contributed by atoms with E-state index in [9.17, 15) is 28.2 Å². The second-order valence-corrected chi connectivity index (χ2v) is 10.3. The first-order valence-corrected chi connectivity index (χ1v) is 12.7. The lowest BCUT2D eigenvalue weighted by Gasteiger charge is -2.25. The average molecular weight is 563 g/mol. The number of rotatable bonds is 8. The molecule has 1 aliphatic heterocycles. The first-order valence-electron chi connectivity index (χ1n) is 11.9. The third-order valence-electron chi connectivity index (χ3n) is 6.31. The van der Waals surface area contributed by atoms with E-state index in [1.165, 1.54) is 11.8 Å². The number of H-pyrrole nitrogens is 1. The summed E-state index contributed by atoms with van der Waals surface area (Å²) < 4.78 is 41.3. The molecule has 4 heterocycles. The highest BCUT2D eigenvalue weighted by molar-refractivity contribution is 7.99. The molecule has 1 amide bonds. The zero-order valence-corrected chi connectivity index (χ0v) is 21.4. The summed E-state index contributed by atoms with van der Waals surface area (Å²) in [6.07, 6.45) is -3.75. The van der Waals surface area contributed by atoms with Crippen molar-refractivity contribution in [2.24, 2.45) is 0 Å². The van der Waals surface area contributed by atoms with Gasteiger partial charge in [0.1, 0.15) is 5.52 Å². The van der Waals surface area contributed by atoms with Crippen molar-refractivity contribution in [1.29, 1.82) is 0 Å². The molecule has 1 unspecified atom stereocenters. The third kappa shape index (κ3) is 5.85. The van der Waals surface area contributed by atoms with E-state index in [2.05, 4.69) is 30.9 Å². The lowest BCUT2D eigenvalue weighted by molar-refractivity contribution is -0.254. The Bertz CT molecular complexity index is 1480. The topological polar surface area (TPSA) is 144 Å². The summed E-state index contributed by atoms with van der Waals surface area (Å²) in [5.41, 5.74) is -0.852. The van der Waals surface area contributed by atoms with E-state index >= 15 is 0 Å². The third-order valence-corrected chi connectivity index (χ3v) is 7.17. The quantitative estimate of drug-likeness (QED) is 0.219. The van der Waals surface area contributed by atoms with Gasteiger partial charge in [-0.2, -0.15) is 18.3 Å². The van der Waals surface area contributed by atoms with Crippen molar-refractivity contribution < 1.29 is 28.2 Å². The highest BCUT2D eigenvalue weighted by Crippen LogP contribution is 2.40. The molecule has 11 nitrogen and oxygen atoms in total. The molecule has 0 aliphatic carbocycles. The molecule has 1 saturated heterocycles. The summed E-state index contributed by atoms with van der Waals surface area (Å²) in [5.74, 6) is 0.632. The summed E-state index contributed by atoms with van der Waals surface area (Å²) in [4.78, 5) is 19.1. The average Bonchev–Trinajstić information content (AvgIpc) is 3.59. The molecule has 0 saturated carbocycles. The van der Waals surface area contributed by atoms with Crippen molar-refractivity contribution in [2.45, 2.75) is 41.2 Å². The number of aryl methyl sites for hydroxylation is 1. The standard InChI is InChI=1S/C24H25F3N8O3S/c1-14-9-19(32-31-14)29-21-18-3-2-8-35(18)33-22(30-21)39-17-6-4-15(5-7-17)28-20(37)11-34-13-23(38,24(25,26)27)10-16(34)12-36/h2-9,16,36,38H,10-13H2,1H3,(H,28,37)(H2,29,30,31,32,33)/t16?,23-/m0/s1. The van der Waals surface area contributed by atoms with Crippen LogP contribution in [-0.2, 0) is 4.79 Å². The zero-order valence-electron chi connectivity index (χ0n) is 20.6. The normalized spacial score (nSPS) is 20.0. The molecule has 1 fully saturated rings. The minimum absolute atomic E-state index is 0.407. The number of carbonyl (C=O) groups is 1. The minimum Gasteiger partial charge on any atom is -0.395 e. The molecule has 3 aromatic heterocycles. The van der Waals surface area contributed by atoms with Crippen molar-refractivity contribution >= 4 is 40.5 Å². The summed E-state index contributed by atoms with van der Waals surface area (Å²) in [5, 5.41) is 37.3. The number of aromatic amines is 1. The fourth-order valence-electron chi connectivity index (χ4n) is 4.37. The highest BCUT2D eigenvalue weighted by Gasteiger charge is 2.59. The Morgan fingerprint density at radius 2 is 2.05 bits per heavy atom. The van der Waals surface area contributed by atoms with Crippen LogP contribution in [0.2, 0.25) is 0 Å². The summed E-state index contributed by atoms with van der Waals surface area (Å²) in [6, 6.07) is 11.4. The number of nitrogens with zero attached hydrogens (tertiary/aromatic N) is 5. The van der Waals surface area contributed by atoms with Crippen LogP contribution < -0.4 is 10.6 Å². The second-order valence-electron chi connectivity index (χ2n) is 9.29. The molecule has 5 rings (SSSR count). The van der Waals surface area contributed by atoms with Gasteiger partial charge in [0, 0.05) is 47.5 Å². The van der Waals surface area contributed by atoms with Crippen LogP contribution in [0.25, 0.3) is 5.52 Å². The first-order chi connectivity index (χ1) is 18.5. The summed E-state index contributed by atoms with van der Waals surface area (Å²) in [6.45, 7) is 0.0975. The van der Waals surface area contributed by atoms with Gasteiger partial charge in [0.2, 0.25) is 11.1 Å². The predicted molar refractivity (Wildman–Crippen MR) is 137 cm³/mol. The van der Waals surface area contributed by atoms with E-state index in [1.54, 1.807) is 35.0 Å². The maximum atomic E-state index is 13.2. The van der Waals surface area contributed by atoms with Crippen LogP contribution >= 0.6 is 11.8 Å². The fraction of sp³-hybridized carbons (Fsp3) is 0.333. The van der Waals surface area contributed by atoms with Crippen LogP contribution in [0, 0.1) is 6.92 Å². The van der Waals surface area contributed by atoms with E-state index in [1.807, 2.05) is 25.1 Å². The summed E-state index contributed by atoms with van der Waals surface area (Å²) >= 11 is 1.30. The van der Waals surface area contributed by atoms with Crippen molar-refractivity contribution in [3.8, 4) is 0 Å². The van der Waals surface area contributed by atoms with Gasteiger partial charge in [0.25, 0.3) is 0 Å². The first kappa shape index (κ1) is 26.9. The second kappa shape index (κ2) is 10.5. The number of aliphatic hydroxyl groups excluding tert-OH is 1. The Hall–Kier alpha value is -3.66. The molecule has 1 aliphatic rings. The smallest absolute Gasteiger partial charge is 0.395 e. The van der Waals surface area contributed by atoms with Gasteiger partial charge >= 0.3 is 6.18 Å². The van der Waals surface area contributed by atoms with Gasteiger partial charge in [-0.15, -0.1) is 5.10 Å². The Kier molecular flexibility index (Phi) is 7.24. The van der Waals surface area contributed by atoms with Crippen LogP contribution in [0.15, 0.2) is 58.7 Å². The van der Waals surface area contributed by atoms with Gasteiger partial charge in [-0.3, -0.25) is 14.8 Å². The maximum absolute atomic E-state index is 13.2. The molecule has 0 radical (unpaired) electrons. The number of likely N-dealkylation sites (tertiary alicyclic amines) is 1. The number of halogens is 3. The molecule has 4 aromatic rings. The molecule has 2 atom stereocenters. The zero-order chi connectivity index (χ0) is 27.8. The maximum Gasteiger partial charge on any atom is 0.418 e. The van der Waals surface area contributed by atoms with E-state index in [4.69, 9.17) is 0 Å². The monoisotopic (exact) mass is 562 g/mol. The molecular formula is C24H25F3N8O3S. The van der Waals surface area contributed by atoms with Gasteiger partial charge in [-0.1, -0.05) is 0 Å². The Labute approximate surface area is 224 Å². The van der Waals surface area contributed by atoms with E-state index < -0.39 is 49.8 Å². The number of carbonyl (C=O) groups excluding carboxylic acids is 1. The Morgan fingerprint density at radius 1 is 1.28 bits per heavy atom. The molecule has 206 valence electrons. The number of aromatic nitrogens is 5. The van der Waals surface area contributed by atoms with Crippen LogP contribution in [0.4, 0.5) is 30.5 Å². The van der Waals surface area contributed by atoms with Crippen molar-refractivity contribution in [3.05, 3.63) is 54.4 Å². The number of amides is 1. The number of fused-ring (bicyclic) bond motifs is 1. The van der Waals surface area contributed by atoms with Crippen molar-refractivity contribution in [3.63, 3.8) is 0 Å². The van der Waals surface area contributed by atoms with E-state index in [0.717, 1.165) is 21.0 Å². The number of benzene rings is 1. The van der Waals surface area contributed by atoms with Crippen molar-refractivity contribution in [2.75, 3.05) is 30.3 Å². The van der Waals surface area contributed by atoms with Gasteiger partial charge in [-0.25, -0.2) is 9.50 Å². The Morgan fingerprint density at radius 3 is 2.72 bits per heavy atom. The summed E-state index contributed by atoms with van der Waals surface area (Å²) in [7, 11) is 0. The fourth-order valence-corrected chi connectivity index (χ4v) is 5.12. The number of hydrogen-bond donors (Lipinski definition) is 5. The van der Waals surface area contributed by atoms with Crippen molar-refractivity contribution in [1.82, 2.24) is 29.7 Å². The lowest BCUT2D eigenvalue weighted by Crippen LogP contribution is -2.48. The molecule has 39 heavy (non-hydrogen) atoms. The Balaban J connectivity index is 1.23. The molecule has 1 aromatic carbocycles. The van der Waals surface area contributed by atoms with Crippen LogP contribution in [-0.4, -0.2) is 83.3 Å². The lowest BCUT2D eigenvalue weighted by atomic mass is 10.0. The largest absolute Gasteiger partial charge is 0.418 e. The number of β-amino-alcohol motifs (C(OH)–C–C–N with tert-alkyl or cyclic N) is 1. The van der Waals surface area contributed by atoms with Crippen LogP contribution in [0.5, 0.6) is 0 Å². The number of nitrogens with one attached hydrogen (secondary N) is 3. The van der Waals surface area contributed by atoms with Gasteiger partial charge < -0.3 is 20.8 Å². The van der Waals surface area contributed by atoms with Gasteiger partial charge in [-0.05, 0) is 55.1 Å². The van der Waals surface area contributed by atoms with Gasteiger partial charge in [0.05, 0.1) is 13.2 Å². The number of hydrogen-bond acceptors (Lipinski definition) is 9. The van der Waals surface area contributed by atoms with Crippen LogP contribution in [0.1, 0.15) is 12.1 Å². The molecule has 5 N–H and O–H groups in total. The highest BCUT2D eigenvalue weighted by atomic mass is 32.2. The molecule has 0 spiro atoms. The van der Waals surface area contributed by atoms with Crippen LogP contribution in [0.3, 0.4) is 0 Å². The number of anilines is 3. The molecule has 0 bridgehead atoms. The van der Waals surface area contributed by atoms with Gasteiger partial charge in [0.15, 0.2) is 17.2 Å². The SMILES string of the molecule is Cc1cc(Nc2nc(Sc3ccc(NC(=O)CN4C[C@](O)(C(F)(F)F)CC4CO)cc3)nn3cccc23)n[nH]1. The number of alkyl halides is 3. The predicted octanol–water partition coefficient (Wildman–Crippen LogP) is 2.95. The number of aliphatic hydroxyl groups is 2. The molecule has 15 heteroatoms. The van der Waals surface area contributed by atoms with E-state index in [-0.39, 0.29) is 0 Å². The van der Waals surface area contributed by atoms with E-state index in [0.29, 0.717) is 22.5 Å². The minimum atomic E-state index is -4.86. The molecular weight excluding hydrogens is 537 g/mol.